The number of carbonyl (C=O) groups excluding carboxylic acids is 1. The van der Waals surface area contributed by atoms with Gasteiger partial charge >= 0.3 is 5.97 Å². The number of rotatable bonds is 5. The summed E-state index contributed by atoms with van der Waals surface area (Å²) >= 11 is 1.67. The molecule has 0 bridgehead atoms. The first kappa shape index (κ1) is 16.4. The second-order valence-electron chi connectivity index (χ2n) is 4.99. The molecular formula is C18H20O3S. The molecule has 116 valence electrons. The van der Waals surface area contributed by atoms with Gasteiger partial charge in [-0.15, -0.1) is 11.8 Å². The van der Waals surface area contributed by atoms with Crippen molar-refractivity contribution in [3.05, 3.63) is 58.7 Å². The quantitative estimate of drug-likeness (QED) is 0.605. The van der Waals surface area contributed by atoms with E-state index in [0.29, 0.717) is 11.3 Å². The highest BCUT2D eigenvalue weighted by Gasteiger charge is 2.21. The number of hydrogen-bond acceptors (Lipinski definition) is 4. The molecule has 0 spiro atoms. The highest BCUT2D eigenvalue weighted by molar-refractivity contribution is 7.98. The van der Waals surface area contributed by atoms with Crippen molar-refractivity contribution in [2.24, 2.45) is 0 Å². The minimum absolute atomic E-state index is 0.320. The van der Waals surface area contributed by atoms with E-state index in [1.807, 2.05) is 38.1 Å². The van der Waals surface area contributed by atoms with Crippen molar-refractivity contribution in [3.63, 3.8) is 0 Å². The predicted octanol–water partition coefficient (Wildman–Crippen LogP) is 4.39. The Morgan fingerprint density at radius 1 is 1.09 bits per heavy atom. The Morgan fingerprint density at radius 3 is 2.36 bits per heavy atom. The molecule has 2 aromatic rings. The van der Waals surface area contributed by atoms with Crippen LogP contribution in [0.2, 0.25) is 0 Å². The molecule has 0 saturated carbocycles. The Morgan fingerprint density at radius 2 is 1.77 bits per heavy atom. The van der Waals surface area contributed by atoms with Crippen LogP contribution in [0.15, 0.2) is 41.3 Å². The van der Waals surface area contributed by atoms with Crippen LogP contribution in [0.5, 0.6) is 5.75 Å². The Labute approximate surface area is 135 Å². The predicted molar refractivity (Wildman–Crippen MR) is 89.8 cm³/mol. The van der Waals surface area contributed by atoms with E-state index in [0.717, 1.165) is 27.3 Å². The van der Waals surface area contributed by atoms with Crippen molar-refractivity contribution in [3.8, 4) is 5.75 Å². The van der Waals surface area contributed by atoms with E-state index in [4.69, 9.17) is 9.47 Å². The third-order valence-electron chi connectivity index (χ3n) is 3.48. The zero-order valence-corrected chi connectivity index (χ0v) is 14.1. The molecule has 0 radical (unpaired) electrons. The number of carbonyl (C=O) groups is 1. The maximum absolute atomic E-state index is 12.2. The molecule has 4 heteroatoms. The maximum Gasteiger partial charge on any atom is 0.338 e. The Balaban J connectivity index is 2.44. The Kier molecular flexibility index (Phi) is 5.50. The van der Waals surface area contributed by atoms with Crippen molar-refractivity contribution >= 4 is 17.7 Å². The van der Waals surface area contributed by atoms with Crippen molar-refractivity contribution in [1.82, 2.24) is 0 Å². The van der Waals surface area contributed by atoms with E-state index in [1.165, 1.54) is 7.11 Å². The van der Waals surface area contributed by atoms with Crippen molar-refractivity contribution in [2.75, 3.05) is 14.2 Å². The molecule has 2 aromatic carbocycles. The lowest BCUT2D eigenvalue weighted by molar-refractivity contribution is 0.0598. The lowest BCUT2D eigenvalue weighted by atomic mass is 9.98. The van der Waals surface area contributed by atoms with E-state index in [9.17, 15) is 4.79 Å². The summed E-state index contributed by atoms with van der Waals surface area (Å²) in [7, 11) is 3.04. The smallest absolute Gasteiger partial charge is 0.338 e. The monoisotopic (exact) mass is 316 g/mol. The van der Waals surface area contributed by atoms with Crippen LogP contribution in [0, 0.1) is 13.8 Å². The molecule has 22 heavy (non-hydrogen) atoms. The Bertz CT molecular complexity index is 666. The second kappa shape index (κ2) is 7.36. The molecule has 0 amide bonds. The molecule has 3 nitrogen and oxygen atoms in total. The minimum Gasteiger partial charge on any atom is -0.496 e. The molecule has 0 heterocycles. The zero-order chi connectivity index (χ0) is 16.1. The highest BCUT2D eigenvalue weighted by Crippen LogP contribution is 2.35. The van der Waals surface area contributed by atoms with Crippen molar-refractivity contribution in [1.29, 1.82) is 0 Å². The van der Waals surface area contributed by atoms with Crippen LogP contribution in [0.3, 0.4) is 0 Å². The van der Waals surface area contributed by atoms with E-state index >= 15 is 0 Å². The summed E-state index contributed by atoms with van der Waals surface area (Å²) in [5, 5.41) is 0. The summed E-state index contributed by atoms with van der Waals surface area (Å²) in [5.41, 5.74) is 3.43. The number of hydrogen-bond donors (Lipinski definition) is 0. The number of methoxy groups -OCH3 is 2. The van der Waals surface area contributed by atoms with Gasteiger partial charge in [0.1, 0.15) is 5.75 Å². The molecular weight excluding hydrogens is 296 g/mol. The molecule has 2 rings (SSSR count). The van der Waals surface area contributed by atoms with Crippen molar-refractivity contribution < 1.29 is 14.3 Å². The molecule has 0 atom stereocenters. The van der Waals surface area contributed by atoms with Gasteiger partial charge in [0.25, 0.3) is 0 Å². The van der Waals surface area contributed by atoms with Gasteiger partial charge in [-0.25, -0.2) is 4.79 Å². The number of aryl methyl sites for hydroxylation is 2. The third kappa shape index (κ3) is 3.45. The van der Waals surface area contributed by atoms with Crippen LogP contribution in [0.25, 0.3) is 0 Å². The van der Waals surface area contributed by atoms with Crippen LogP contribution in [0.1, 0.15) is 27.0 Å². The average molecular weight is 316 g/mol. The first-order chi connectivity index (χ1) is 10.6. The van der Waals surface area contributed by atoms with Crippen molar-refractivity contribution in [2.45, 2.75) is 24.5 Å². The normalized spacial score (nSPS) is 10.4. The van der Waals surface area contributed by atoms with Gasteiger partial charge in [-0.3, -0.25) is 0 Å². The topological polar surface area (TPSA) is 35.5 Å². The first-order valence-electron chi connectivity index (χ1n) is 7.01. The van der Waals surface area contributed by atoms with Crippen LogP contribution >= 0.6 is 11.8 Å². The van der Waals surface area contributed by atoms with Gasteiger partial charge in [0.2, 0.25) is 0 Å². The van der Waals surface area contributed by atoms with Gasteiger partial charge in [0.15, 0.2) is 0 Å². The fraction of sp³-hybridized carbons (Fsp3) is 0.278. The van der Waals surface area contributed by atoms with Gasteiger partial charge in [0.05, 0.1) is 19.8 Å². The lowest BCUT2D eigenvalue weighted by Crippen LogP contribution is -2.10. The summed E-state index contributed by atoms with van der Waals surface area (Å²) in [6, 6.07) is 12.1. The number of benzene rings is 2. The largest absolute Gasteiger partial charge is 0.496 e. The van der Waals surface area contributed by atoms with E-state index in [2.05, 4.69) is 12.1 Å². The summed E-state index contributed by atoms with van der Waals surface area (Å²) in [5.74, 6) is 1.09. The molecule has 0 unspecified atom stereocenters. The van der Waals surface area contributed by atoms with Crippen LogP contribution in [-0.4, -0.2) is 20.2 Å². The fourth-order valence-electron chi connectivity index (χ4n) is 2.53. The van der Waals surface area contributed by atoms with E-state index in [1.54, 1.807) is 18.9 Å². The molecule has 0 aliphatic carbocycles. The lowest BCUT2D eigenvalue weighted by Gasteiger charge is -2.17. The minimum atomic E-state index is -0.320. The number of esters is 1. The molecule has 0 saturated heterocycles. The van der Waals surface area contributed by atoms with Crippen LogP contribution in [0.4, 0.5) is 0 Å². The summed E-state index contributed by atoms with van der Waals surface area (Å²) in [6.45, 7) is 3.92. The first-order valence-corrected chi connectivity index (χ1v) is 8.00. The van der Waals surface area contributed by atoms with Gasteiger partial charge in [-0.05, 0) is 37.1 Å². The highest BCUT2D eigenvalue weighted by atomic mass is 32.2. The summed E-state index contributed by atoms with van der Waals surface area (Å²) < 4.78 is 10.5. The number of ether oxygens (including phenoxy) is 2. The molecule has 0 aliphatic heterocycles. The third-order valence-corrected chi connectivity index (χ3v) is 4.52. The van der Waals surface area contributed by atoms with Gasteiger partial charge < -0.3 is 9.47 Å². The van der Waals surface area contributed by atoms with Gasteiger partial charge in [-0.1, -0.05) is 24.3 Å². The summed E-state index contributed by atoms with van der Waals surface area (Å²) in [6.07, 6.45) is 0. The SMILES string of the molecule is COC(=O)c1c(C)cc(C)c(OC)c1CSc1ccccc1. The summed E-state index contributed by atoms with van der Waals surface area (Å²) in [4.78, 5) is 13.3. The van der Waals surface area contributed by atoms with E-state index < -0.39 is 0 Å². The number of thioether (sulfide) groups is 1. The van der Waals surface area contributed by atoms with Crippen LogP contribution in [-0.2, 0) is 10.5 Å². The molecule has 0 aliphatic rings. The standard InChI is InChI=1S/C18H20O3S/c1-12-10-13(2)17(20-3)15(16(12)18(19)21-4)11-22-14-8-6-5-7-9-14/h5-10H,11H2,1-4H3. The second-order valence-corrected chi connectivity index (χ2v) is 6.04. The average Bonchev–Trinajstić information content (AvgIpc) is 2.53. The zero-order valence-electron chi connectivity index (χ0n) is 13.3. The fourth-order valence-corrected chi connectivity index (χ4v) is 3.47. The Hall–Kier alpha value is -1.94. The maximum atomic E-state index is 12.2. The van der Waals surface area contributed by atoms with Gasteiger partial charge in [-0.2, -0.15) is 0 Å². The van der Waals surface area contributed by atoms with Gasteiger partial charge in [0, 0.05) is 16.2 Å². The molecule has 0 aromatic heterocycles. The van der Waals surface area contributed by atoms with E-state index in [-0.39, 0.29) is 5.97 Å². The van der Waals surface area contributed by atoms with Crippen LogP contribution < -0.4 is 4.74 Å². The molecule has 0 fully saturated rings. The molecule has 0 N–H and O–H groups in total.